The average molecular weight is 322 g/mol. The molecule has 6 nitrogen and oxygen atoms in total. The summed E-state index contributed by atoms with van der Waals surface area (Å²) >= 11 is 0. The largest absolute Gasteiger partial charge is 0.506 e. The molecule has 3 aromatic rings. The van der Waals surface area contributed by atoms with Gasteiger partial charge in [-0.1, -0.05) is 30.3 Å². The number of nitrogens with two attached hydrogens (primary N) is 1. The number of phenols is 1. The van der Waals surface area contributed by atoms with Crippen molar-refractivity contribution in [2.24, 2.45) is 0 Å². The second-order valence-corrected chi connectivity index (χ2v) is 5.34. The predicted octanol–water partition coefficient (Wildman–Crippen LogP) is 2.36. The highest BCUT2D eigenvalue weighted by Crippen LogP contribution is 2.28. The molecule has 3 rings (SSSR count). The van der Waals surface area contributed by atoms with Crippen molar-refractivity contribution in [3.05, 3.63) is 60.3 Å². The van der Waals surface area contributed by atoms with Gasteiger partial charge in [-0.2, -0.15) is 0 Å². The van der Waals surface area contributed by atoms with Gasteiger partial charge in [0.25, 0.3) is 5.91 Å². The SMILES string of the molecule is Nc1ccc(NCCNC(=O)c2ccc3ccccc3c2O)nc1. The number of nitrogen functional groups attached to an aromatic ring is 1. The van der Waals surface area contributed by atoms with Gasteiger partial charge in [-0.05, 0) is 23.6 Å². The minimum Gasteiger partial charge on any atom is -0.506 e. The molecule has 122 valence electrons. The second kappa shape index (κ2) is 6.87. The summed E-state index contributed by atoms with van der Waals surface area (Å²) in [5.41, 5.74) is 6.43. The van der Waals surface area contributed by atoms with Gasteiger partial charge in [0.2, 0.25) is 0 Å². The van der Waals surface area contributed by atoms with Gasteiger partial charge in [-0.15, -0.1) is 0 Å². The van der Waals surface area contributed by atoms with E-state index in [-0.39, 0.29) is 17.2 Å². The molecule has 1 aromatic heterocycles. The molecule has 0 atom stereocenters. The Kier molecular flexibility index (Phi) is 4.47. The minimum atomic E-state index is -0.315. The monoisotopic (exact) mass is 322 g/mol. The van der Waals surface area contributed by atoms with E-state index in [1.165, 1.54) is 0 Å². The van der Waals surface area contributed by atoms with Crippen molar-refractivity contribution in [1.29, 1.82) is 0 Å². The zero-order valence-corrected chi connectivity index (χ0v) is 13.0. The summed E-state index contributed by atoms with van der Waals surface area (Å²) in [6, 6.07) is 14.4. The Labute approximate surface area is 139 Å². The number of hydrogen-bond donors (Lipinski definition) is 4. The number of hydrogen-bond acceptors (Lipinski definition) is 5. The first kappa shape index (κ1) is 15.6. The topological polar surface area (TPSA) is 100 Å². The first-order chi connectivity index (χ1) is 11.6. The van der Waals surface area contributed by atoms with E-state index in [2.05, 4.69) is 15.6 Å². The third-order valence-electron chi connectivity index (χ3n) is 3.65. The molecule has 0 aliphatic rings. The van der Waals surface area contributed by atoms with E-state index >= 15 is 0 Å². The fourth-order valence-corrected chi connectivity index (χ4v) is 2.41. The average Bonchev–Trinajstić information content (AvgIpc) is 2.60. The van der Waals surface area contributed by atoms with Crippen LogP contribution in [0.25, 0.3) is 10.8 Å². The van der Waals surface area contributed by atoms with E-state index in [0.29, 0.717) is 30.0 Å². The summed E-state index contributed by atoms with van der Waals surface area (Å²) in [5, 5.41) is 17.7. The third-order valence-corrected chi connectivity index (χ3v) is 3.65. The number of fused-ring (bicyclic) bond motifs is 1. The highest BCUT2D eigenvalue weighted by atomic mass is 16.3. The van der Waals surface area contributed by atoms with Crippen LogP contribution in [0.3, 0.4) is 0 Å². The van der Waals surface area contributed by atoms with Crippen molar-refractivity contribution in [2.45, 2.75) is 0 Å². The molecule has 0 saturated heterocycles. The van der Waals surface area contributed by atoms with Gasteiger partial charge >= 0.3 is 0 Å². The van der Waals surface area contributed by atoms with Gasteiger partial charge in [-0.25, -0.2) is 4.98 Å². The molecule has 0 fully saturated rings. The maximum absolute atomic E-state index is 12.2. The molecule has 5 N–H and O–H groups in total. The van der Waals surface area contributed by atoms with Crippen LogP contribution < -0.4 is 16.4 Å². The lowest BCUT2D eigenvalue weighted by Crippen LogP contribution is -2.29. The van der Waals surface area contributed by atoms with Crippen LogP contribution in [0.5, 0.6) is 5.75 Å². The van der Waals surface area contributed by atoms with Crippen LogP contribution in [0.4, 0.5) is 11.5 Å². The van der Waals surface area contributed by atoms with Crippen molar-refractivity contribution in [1.82, 2.24) is 10.3 Å². The van der Waals surface area contributed by atoms with E-state index in [1.807, 2.05) is 24.3 Å². The standard InChI is InChI=1S/C18H18N4O2/c19-13-6-8-16(22-11-13)20-9-10-21-18(24)15-7-5-12-3-1-2-4-14(12)17(15)23/h1-8,11,23H,9-10,19H2,(H,20,22)(H,21,24). The number of phenolic OH excluding ortho intramolecular Hbond substituents is 1. The molecule has 0 saturated carbocycles. The zero-order valence-electron chi connectivity index (χ0n) is 13.0. The van der Waals surface area contributed by atoms with Crippen molar-refractivity contribution in [2.75, 3.05) is 24.1 Å². The number of aromatic hydroxyl groups is 1. The molecule has 0 unspecified atom stereocenters. The van der Waals surface area contributed by atoms with Crippen LogP contribution >= 0.6 is 0 Å². The number of carbonyl (C=O) groups excluding carboxylic acids is 1. The highest BCUT2D eigenvalue weighted by Gasteiger charge is 2.12. The molecule has 0 aliphatic carbocycles. The number of nitrogens with one attached hydrogen (secondary N) is 2. The second-order valence-electron chi connectivity index (χ2n) is 5.34. The third kappa shape index (κ3) is 3.38. The summed E-state index contributed by atoms with van der Waals surface area (Å²) in [6.45, 7) is 0.911. The van der Waals surface area contributed by atoms with E-state index < -0.39 is 0 Å². The van der Waals surface area contributed by atoms with Crippen molar-refractivity contribution in [3.63, 3.8) is 0 Å². The smallest absolute Gasteiger partial charge is 0.255 e. The first-order valence-electron chi connectivity index (χ1n) is 7.59. The van der Waals surface area contributed by atoms with Crippen LogP contribution in [0, 0.1) is 0 Å². The van der Waals surface area contributed by atoms with Gasteiger partial charge in [0.05, 0.1) is 17.4 Å². The molecule has 1 heterocycles. The van der Waals surface area contributed by atoms with Crippen LogP contribution in [0.15, 0.2) is 54.7 Å². The van der Waals surface area contributed by atoms with E-state index in [4.69, 9.17) is 5.73 Å². The number of amides is 1. The summed E-state index contributed by atoms with van der Waals surface area (Å²) in [4.78, 5) is 16.3. The Morgan fingerprint density at radius 1 is 1.08 bits per heavy atom. The number of carbonyl (C=O) groups is 1. The van der Waals surface area contributed by atoms with Crippen molar-refractivity contribution in [3.8, 4) is 5.75 Å². The number of aromatic nitrogens is 1. The van der Waals surface area contributed by atoms with Crippen molar-refractivity contribution < 1.29 is 9.90 Å². The zero-order chi connectivity index (χ0) is 16.9. The molecule has 1 amide bonds. The lowest BCUT2D eigenvalue weighted by Gasteiger charge is -2.10. The van der Waals surface area contributed by atoms with Gasteiger partial charge in [0.15, 0.2) is 0 Å². The Balaban J connectivity index is 1.59. The molecule has 0 radical (unpaired) electrons. The van der Waals surface area contributed by atoms with Crippen LogP contribution in [0.2, 0.25) is 0 Å². The number of pyridine rings is 1. The van der Waals surface area contributed by atoms with Crippen LogP contribution in [-0.4, -0.2) is 29.1 Å². The Bertz CT molecular complexity index is 863. The van der Waals surface area contributed by atoms with E-state index in [9.17, 15) is 9.90 Å². The van der Waals surface area contributed by atoms with Gasteiger partial charge in [0.1, 0.15) is 11.6 Å². The molecular weight excluding hydrogens is 304 g/mol. The molecule has 6 heteroatoms. The van der Waals surface area contributed by atoms with Crippen LogP contribution in [0.1, 0.15) is 10.4 Å². The van der Waals surface area contributed by atoms with Gasteiger partial charge in [0, 0.05) is 18.5 Å². The fourth-order valence-electron chi connectivity index (χ4n) is 2.41. The summed E-state index contributed by atoms with van der Waals surface area (Å²) in [6.07, 6.45) is 1.56. The molecule has 24 heavy (non-hydrogen) atoms. The molecule has 0 aliphatic heterocycles. The Morgan fingerprint density at radius 2 is 1.92 bits per heavy atom. The van der Waals surface area contributed by atoms with Crippen molar-refractivity contribution >= 4 is 28.2 Å². The summed E-state index contributed by atoms with van der Waals surface area (Å²) in [7, 11) is 0. The maximum atomic E-state index is 12.2. The van der Waals surface area contributed by atoms with E-state index in [0.717, 1.165) is 5.39 Å². The number of benzene rings is 2. The molecular formula is C18H18N4O2. The number of anilines is 2. The highest BCUT2D eigenvalue weighted by molar-refractivity contribution is 6.03. The lowest BCUT2D eigenvalue weighted by atomic mass is 10.0. The van der Waals surface area contributed by atoms with Gasteiger partial charge < -0.3 is 21.5 Å². The normalized spacial score (nSPS) is 10.5. The fraction of sp³-hybridized carbons (Fsp3) is 0.111. The molecule has 0 bridgehead atoms. The van der Waals surface area contributed by atoms with Crippen LogP contribution in [-0.2, 0) is 0 Å². The first-order valence-corrected chi connectivity index (χ1v) is 7.59. The minimum absolute atomic E-state index is 0.00115. The summed E-state index contributed by atoms with van der Waals surface area (Å²) < 4.78 is 0. The Morgan fingerprint density at radius 3 is 2.71 bits per heavy atom. The number of rotatable bonds is 5. The summed E-state index contributed by atoms with van der Waals surface area (Å²) in [5.74, 6) is 0.371. The number of nitrogens with zero attached hydrogens (tertiary/aromatic N) is 1. The van der Waals surface area contributed by atoms with E-state index in [1.54, 1.807) is 30.5 Å². The molecule has 2 aromatic carbocycles. The molecule has 0 spiro atoms. The maximum Gasteiger partial charge on any atom is 0.255 e. The predicted molar refractivity (Wildman–Crippen MR) is 95.1 cm³/mol. The van der Waals surface area contributed by atoms with Gasteiger partial charge in [-0.3, -0.25) is 4.79 Å². The quantitative estimate of drug-likeness (QED) is 0.540. The Hall–Kier alpha value is -3.28. The lowest BCUT2D eigenvalue weighted by molar-refractivity contribution is 0.0953.